The van der Waals surface area contributed by atoms with Gasteiger partial charge in [-0.15, -0.1) is 0 Å². The topological polar surface area (TPSA) is 51.8 Å². The average Bonchev–Trinajstić information content (AvgIpc) is 3.78. The second kappa shape index (κ2) is 12.3. The Morgan fingerprint density at radius 1 is 0.362 bits per heavy atom. The third-order valence-corrected chi connectivity index (χ3v) is 12.3. The maximum Gasteiger partial charge on any atom is 0.164 e. The lowest BCUT2D eigenvalue weighted by molar-refractivity contribution is 0.661. The van der Waals surface area contributed by atoms with Gasteiger partial charge in [-0.05, 0) is 90.0 Å². The fourth-order valence-electron chi connectivity index (χ4n) is 9.66. The number of hydrogen-bond acceptors (Lipinski definition) is 4. The Hall–Kier alpha value is -7.43. The molecule has 1 aliphatic rings. The van der Waals surface area contributed by atoms with Gasteiger partial charge in [0.25, 0.3) is 0 Å². The lowest BCUT2D eigenvalue weighted by Crippen LogP contribution is -2.17. The summed E-state index contributed by atoms with van der Waals surface area (Å²) in [6, 6.07) is 62.4. The van der Waals surface area contributed by atoms with E-state index in [0.717, 1.165) is 49.8 Å². The zero-order valence-corrected chi connectivity index (χ0v) is 32.0. The van der Waals surface area contributed by atoms with Crippen LogP contribution in [-0.4, -0.2) is 15.0 Å². The minimum absolute atomic E-state index is 0.248. The van der Waals surface area contributed by atoms with Crippen LogP contribution in [0, 0.1) is 0 Å². The number of fused-ring (bicyclic) bond motifs is 12. The van der Waals surface area contributed by atoms with Crippen molar-refractivity contribution in [2.75, 3.05) is 0 Å². The molecular weight excluding hydrogens is 707 g/mol. The van der Waals surface area contributed by atoms with E-state index in [4.69, 9.17) is 19.4 Å². The van der Waals surface area contributed by atoms with Crippen LogP contribution in [0.2, 0.25) is 0 Å². The summed E-state index contributed by atoms with van der Waals surface area (Å²) in [5.74, 6) is 1.87. The van der Waals surface area contributed by atoms with E-state index >= 15 is 0 Å². The zero-order chi connectivity index (χ0) is 38.5. The van der Waals surface area contributed by atoms with Crippen molar-refractivity contribution in [2.45, 2.75) is 19.3 Å². The molecule has 0 saturated carbocycles. The third-order valence-electron chi connectivity index (χ3n) is 12.3. The molecule has 1 aliphatic carbocycles. The molecule has 0 unspecified atom stereocenters. The van der Waals surface area contributed by atoms with Crippen molar-refractivity contribution in [3.63, 3.8) is 0 Å². The summed E-state index contributed by atoms with van der Waals surface area (Å²) in [5.41, 5.74) is 11.5. The molecule has 11 aromatic rings. The molecule has 0 spiro atoms. The number of nitrogens with zero attached hydrogens (tertiary/aromatic N) is 3. The van der Waals surface area contributed by atoms with Crippen LogP contribution in [0.5, 0.6) is 0 Å². The van der Waals surface area contributed by atoms with Crippen LogP contribution in [-0.2, 0) is 5.41 Å². The van der Waals surface area contributed by atoms with Crippen LogP contribution >= 0.6 is 0 Å². The quantitative estimate of drug-likeness (QED) is 0.169. The molecular formula is C54H35N3O. The van der Waals surface area contributed by atoms with Crippen LogP contribution in [0.3, 0.4) is 0 Å². The van der Waals surface area contributed by atoms with Crippen molar-refractivity contribution >= 4 is 54.3 Å². The molecule has 2 aromatic heterocycles. The summed E-state index contributed by atoms with van der Waals surface area (Å²) in [5, 5.41) is 9.46. The molecule has 0 bridgehead atoms. The van der Waals surface area contributed by atoms with E-state index in [9.17, 15) is 0 Å². The first-order chi connectivity index (χ1) is 28.5. The number of benzene rings is 9. The van der Waals surface area contributed by atoms with Crippen molar-refractivity contribution in [1.82, 2.24) is 15.0 Å². The highest BCUT2D eigenvalue weighted by molar-refractivity contribution is 6.25. The molecule has 12 rings (SSSR count). The molecule has 0 aliphatic heterocycles. The molecule has 9 aromatic carbocycles. The summed E-state index contributed by atoms with van der Waals surface area (Å²) in [4.78, 5) is 16.0. The van der Waals surface area contributed by atoms with Gasteiger partial charge < -0.3 is 4.42 Å². The van der Waals surface area contributed by atoms with Crippen LogP contribution in [0.15, 0.2) is 180 Å². The lowest BCUT2D eigenvalue weighted by Gasteiger charge is -2.24. The van der Waals surface area contributed by atoms with Gasteiger partial charge in [-0.2, -0.15) is 0 Å². The molecule has 2 heterocycles. The van der Waals surface area contributed by atoms with E-state index in [1.807, 2.05) is 12.1 Å². The Morgan fingerprint density at radius 2 is 0.897 bits per heavy atom. The maximum absolute atomic E-state index is 6.58. The monoisotopic (exact) mass is 741 g/mol. The van der Waals surface area contributed by atoms with Gasteiger partial charge in [-0.1, -0.05) is 166 Å². The average molecular weight is 742 g/mol. The first-order valence-electron chi connectivity index (χ1n) is 19.9. The molecule has 0 N–H and O–H groups in total. The van der Waals surface area contributed by atoms with E-state index in [-0.39, 0.29) is 5.41 Å². The second-order valence-electron chi connectivity index (χ2n) is 15.9. The summed E-state index contributed by atoms with van der Waals surface area (Å²) < 4.78 is 6.58. The van der Waals surface area contributed by atoms with Gasteiger partial charge in [0.05, 0.1) is 0 Å². The Kier molecular flexibility index (Phi) is 6.94. The molecule has 58 heavy (non-hydrogen) atoms. The van der Waals surface area contributed by atoms with E-state index in [0.29, 0.717) is 17.5 Å². The Bertz CT molecular complexity index is 3450. The largest absolute Gasteiger partial charge is 0.456 e. The minimum Gasteiger partial charge on any atom is -0.456 e. The second-order valence-corrected chi connectivity index (χ2v) is 15.9. The Labute approximate surface area is 335 Å². The fraction of sp³-hybridized carbons (Fsp3) is 0.0556. The predicted octanol–water partition coefficient (Wildman–Crippen LogP) is 14.2. The lowest BCUT2D eigenvalue weighted by atomic mass is 9.80. The van der Waals surface area contributed by atoms with Crippen molar-refractivity contribution in [2.24, 2.45) is 0 Å². The fourth-order valence-corrected chi connectivity index (χ4v) is 9.66. The van der Waals surface area contributed by atoms with Crippen LogP contribution in [0.4, 0.5) is 0 Å². The van der Waals surface area contributed by atoms with E-state index in [2.05, 4.69) is 178 Å². The number of rotatable bonds is 4. The van der Waals surface area contributed by atoms with Crippen molar-refractivity contribution in [1.29, 1.82) is 0 Å². The highest BCUT2D eigenvalue weighted by Gasteiger charge is 2.38. The number of furan rings is 1. The first-order valence-corrected chi connectivity index (χ1v) is 19.9. The molecule has 0 atom stereocenters. The van der Waals surface area contributed by atoms with Gasteiger partial charge in [-0.25, -0.2) is 15.0 Å². The normalized spacial score (nSPS) is 13.1. The van der Waals surface area contributed by atoms with Gasteiger partial charge in [0.2, 0.25) is 0 Å². The third kappa shape index (κ3) is 4.78. The molecule has 0 amide bonds. The van der Waals surface area contributed by atoms with Gasteiger partial charge in [0, 0.05) is 32.9 Å². The molecule has 4 heteroatoms. The minimum atomic E-state index is -0.248. The summed E-state index contributed by atoms with van der Waals surface area (Å²) in [7, 11) is 0. The summed E-state index contributed by atoms with van der Waals surface area (Å²) >= 11 is 0. The predicted molar refractivity (Wildman–Crippen MR) is 239 cm³/mol. The first kappa shape index (κ1) is 32.8. The van der Waals surface area contributed by atoms with Crippen molar-refractivity contribution in [3.8, 4) is 56.4 Å². The number of aromatic nitrogens is 3. The Morgan fingerprint density at radius 3 is 1.64 bits per heavy atom. The van der Waals surface area contributed by atoms with Crippen molar-refractivity contribution in [3.05, 3.63) is 187 Å². The summed E-state index contributed by atoms with van der Waals surface area (Å²) in [6.07, 6.45) is 0. The Balaban J connectivity index is 1.10. The van der Waals surface area contributed by atoms with Gasteiger partial charge in [-0.3, -0.25) is 0 Å². The summed E-state index contributed by atoms with van der Waals surface area (Å²) in [6.45, 7) is 4.62. The highest BCUT2D eigenvalue weighted by atomic mass is 16.3. The maximum atomic E-state index is 6.58. The standard InChI is InChI=1S/C54H35N3O/c1-54(2)46-24-11-10-20-41(46)42-22-12-23-44(50(42)54)53-56-51(33-26-28-40-38-18-7-6-16-36(38)37-17-8-9-19-39(37)45(40)30-33)55-52(57-53)34-27-29-43-48(31-34)58-47-25-13-21-35(49(43)47)32-14-4-3-5-15-32/h3-31H,1-2H3. The molecule has 0 fully saturated rings. The molecule has 4 nitrogen and oxygen atoms in total. The van der Waals surface area contributed by atoms with E-state index < -0.39 is 0 Å². The van der Waals surface area contributed by atoms with Crippen LogP contribution < -0.4 is 0 Å². The van der Waals surface area contributed by atoms with Crippen molar-refractivity contribution < 1.29 is 4.42 Å². The zero-order valence-electron chi connectivity index (χ0n) is 32.0. The van der Waals surface area contributed by atoms with Gasteiger partial charge >= 0.3 is 0 Å². The van der Waals surface area contributed by atoms with E-state index in [1.54, 1.807) is 0 Å². The number of hydrogen-bond donors (Lipinski definition) is 0. The van der Waals surface area contributed by atoms with Gasteiger partial charge in [0.1, 0.15) is 11.2 Å². The highest BCUT2D eigenvalue weighted by Crippen LogP contribution is 2.52. The molecule has 272 valence electrons. The van der Waals surface area contributed by atoms with E-state index in [1.165, 1.54) is 54.6 Å². The van der Waals surface area contributed by atoms with Crippen LogP contribution in [0.25, 0.3) is 111 Å². The SMILES string of the molecule is CC1(C)c2ccccc2-c2cccc(-c3nc(-c4ccc5c(c4)oc4cccc(-c6ccccc6)c45)nc(-c4ccc5c6ccccc6c6ccccc6c5c4)n3)c21. The molecule has 0 radical (unpaired) electrons. The van der Waals surface area contributed by atoms with Gasteiger partial charge in [0.15, 0.2) is 17.5 Å². The molecule has 0 saturated heterocycles. The smallest absolute Gasteiger partial charge is 0.164 e. The van der Waals surface area contributed by atoms with Crippen LogP contribution in [0.1, 0.15) is 25.0 Å².